The van der Waals surface area contributed by atoms with Crippen LogP contribution in [0.25, 0.3) is 0 Å². The highest BCUT2D eigenvalue weighted by Gasteiger charge is 2.36. The summed E-state index contributed by atoms with van der Waals surface area (Å²) in [6, 6.07) is 13.4. The number of benzene rings is 2. The predicted octanol–water partition coefficient (Wildman–Crippen LogP) is 2.77. The van der Waals surface area contributed by atoms with Crippen molar-refractivity contribution >= 4 is 33.1 Å². The molecule has 30 heavy (non-hydrogen) atoms. The van der Waals surface area contributed by atoms with Crippen molar-refractivity contribution < 1.29 is 22.7 Å². The Kier molecular flexibility index (Phi) is 5.51. The number of hydrogen-bond acceptors (Lipinski definition) is 6. The van der Waals surface area contributed by atoms with Crippen LogP contribution in [0.15, 0.2) is 58.3 Å². The van der Waals surface area contributed by atoms with E-state index < -0.39 is 9.84 Å². The summed E-state index contributed by atoms with van der Waals surface area (Å²) in [5, 5.41) is 0. The Morgan fingerprint density at radius 2 is 1.63 bits per heavy atom. The van der Waals surface area contributed by atoms with Gasteiger partial charge < -0.3 is 14.5 Å². The van der Waals surface area contributed by atoms with Gasteiger partial charge in [0.15, 0.2) is 0 Å². The highest BCUT2D eigenvalue weighted by Crippen LogP contribution is 2.43. The van der Waals surface area contributed by atoms with E-state index in [2.05, 4.69) is 0 Å². The van der Waals surface area contributed by atoms with Crippen molar-refractivity contribution in [2.75, 3.05) is 31.1 Å². The molecule has 0 radical (unpaired) electrons. The fourth-order valence-electron chi connectivity index (χ4n) is 4.12. The van der Waals surface area contributed by atoms with Crippen molar-refractivity contribution in [2.24, 2.45) is 5.92 Å². The minimum atomic E-state index is -3.65. The normalized spacial score (nSPS) is 19.6. The lowest BCUT2D eigenvalue weighted by Crippen LogP contribution is -2.46. The molecule has 0 spiro atoms. The predicted molar refractivity (Wildman–Crippen MR) is 111 cm³/mol. The van der Waals surface area contributed by atoms with Gasteiger partial charge in [-0.3, -0.25) is 9.59 Å². The molecule has 2 aliphatic rings. The number of carbonyl (C=O) groups is 2. The number of nitrogens with zero attached hydrogens (tertiary/aromatic N) is 2. The molecule has 8 heteroatoms. The Morgan fingerprint density at radius 3 is 2.23 bits per heavy atom. The topological polar surface area (TPSA) is 84.0 Å². The summed E-state index contributed by atoms with van der Waals surface area (Å²) in [4.78, 5) is 29.1. The lowest BCUT2D eigenvalue weighted by molar-refractivity contribution is -0.151. The number of para-hydroxylation sites is 2. The highest BCUT2D eigenvalue weighted by atomic mass is 32.2. The van der Waals surface area contributed by atoms with Crippen LogP contribution in [-0.4, -0.2) is 51.4 Å². The van der Waals surface area contributed by atoms with Crippen LogP contribution in [-0.2, 0) is 24.2 Å². The van der Waals surface area contributed by atoms with E-state index in [0.29, 0.717) is 37.5 Å². The van der Waals surface area contributed by atoms with E-state index in [1.54, 1.807) is 65.3 Å². The molecular weight excluding hydrogens is 404 g/mol. The van der Waals surface area contributed by atoms with Gasteiger partial charge in [0, 0.05) is 13.1 Å². The first-order valence-corrected chi connectivity index (χ1v) is 11.6. The smallest absolute Gasteiger partial charge is 0.310 e. The van der Waals surface area contributed by atoms with Crippen molar-refractivity contribution in [1.29, 1.82) is 0 Å². The monoisotopic (exact) mass is 428 g/mol. The second-order valence-electron chi connectivity index (χ2n) is 7.46. The first-order valence-electron chi connectivity index (χ1n) is 10.1. The van der Waals surface area contributed by atoms with Crippen molar-refractivity contribution in [3.63, 3.8) is 0 Å². The number of carbonyl (C=O) groups excluding carboxylic acids is 2. The van der Waals surface area contributed by atoms with Gasteiger partial charge in [0.1, 0.15) is 6.54 Å². The number of sulfone groups is 1. The van der Waals surface area contributed by atoms with Crippen molar-refractivity contribution in [3.05, 3.63) is 48.5 Å². The van der Waals surface area contributed by atoms with Gasteiger partial charge >= 0.3 is 5.97 Å². The first kappa shape index (κ1) is 20.4. The Labute approximate surface area is 176 Å². The molecule has 0 aliphatic carbocycles. The van der Waals surface area contributed by atoms with E-state index in [1.165, 1.54) is 0 Å². The summed E-state index contributed by atoms with van der Waals surface area (Å²) in [5.41, 5.74) is 0.979. The van der Waals surface area contributed by atoms with Gasteiger partial charge in [-0.25, -0.2) is 8.42 Å². The van der Waals surface area contributed by atoms with Gasteiger partial charge in [0.05, 0.1) is 33.7 Å². The van der Waals surface area contributed by atoms with Gasteiger partial charge in [-0.1, -0.05) is 24.3 Å². The van der Waals surface area contributed by atoms with E-state index >= 15 is 0 Å². The van der Waals surface area contributed by atoms with E-state index in [4.69, 9.17) is 4.74 Å². The molecule has 1 fully saturated rings. The van der Waals surface area contributed by atoms with Crippen LogP contribution in [0.1, 0.15) is 19.8 Å². The third kappa shape index (κ3) is 3.56. The van der Waals surface area contributed by atoms with Gasteiger partial charge in [-0.05, 0) is 44.0 Å². The summed E-state index contributed by atoms with van der Waals surface area (Å²) in [6.07, 6.45) is 1.44. The van der Waals surface area contributed by atoms with Gasteiger partial charge in [-0.2, -0.15) is 0 Å². The Balaban J connectivity index is 1.62. The number of piperidine rings is 1. The SMILES string of the molecule is CCOC(=O)[C@H]1CCCN(C(=O)CN2c3ccccc3S(=O)(=O)c3ccccc32)C1. The fraction of sp³-hybridized carbons (Fsp3) is 0.364. The number of hydrogen-bond donors (Lipinski definition) is 0. The van der Waals surface area contributed by atoms with Crippen molar-refractivity contribution in [1.82, 2.24) is 4.90 Å². The van der Waals surface area contributed by atoms with E-state index in [9.17, 15) is 18.0 Å². The molecule has 1 amide bonds. The Morgan fingerprint density at radius 1 is 1.03 bits per heavy atom. The van der Waals surface area contributed by atoms with E-state index in [-0.39, 0.29) is 34.1 Å². The number of anilines is 2. The molecule has 0 N–H and O–H groups in total. The molecule has 0 unspecified atom stereocenters. The molecular formula is C22H24N2O5S. The molecule has 2 aromatic carbocycles. The number of amides is 1. The molecule has 1 saturated heterocycles. The molecule has 1 atom stereocenters. The molecule has 7 nitrogen and oxygen atoms in total. The number of ether oxygens (including phenoxy) is 1. The lowest BCUT2D eigenvalue weighted by Gasteiger charge is -2.36. The van der Waals surface area contributed by atoms with Crippen molar-refractivity contribution in [3.8, 4) is 0 Å². The summed E-state index contributed by atoms with van der Waals surface area (Å²) in [6.45, 7) is 2.98. The average molecular weight is 429 g/mol. The number of likely N-dealkylation sites (tertiary alicyclic amines) is 1. The van der Waals surface area contributed by atoms with Crippen LogP contribution < -0.4 is 4.90 Å². The van der Waals surface area contributed by atoms with Crippen LogP contribution in [0.3, 0.4) is 0 Å². The summed E-state index contributed by atoms with van der Waals surface area (Å²) >= 11 is 0. The molecule has 0 bridgehead atoms. The first-order chi connectivity index (χ1) is 14.4. The number of rotatable bonds is 4. The van der Waals surface area contributed by atoms with Crippen LogP contribution in [0, 0.1) is 5.92 Å². The zero-order valence-corrected chi connectivity index (χ0v) is 17.6. The van der Waals surface area contributed by atoms with Crippen LogP contribution in [0.5, 0.6) is 0 Å². The second kappa shape index (κ2) is 8.10. The lowest BCUT2D eigenvalue weighted by atomic mass is 9.98. The molecule has 0 saturated carbocycles. The molecule has 0 aromatic heterocycles. The molecule has 4 rings (SSSR count). The van der Waals surface area contributed by atoms with Crippen LogP contribution in [0.2, 0.25) is 0 Å². The standard InChI is InChI=1S/C22H24N2O5S/c1-2-29-22(26)16-8-7-13-23(14-16)21(25)15-24-17-9-3-5-11-19(17)30(27,28)20-12-6-4-10-18(20)24/h3-6,9-12,16H,2,7-8,13-15H2,1H3/t16-/m0/s1. The minimum absolute atomic E-state index is 0.000901. The zero-order chi connectivity index (χ0) is 21.3. The fourth-order valence-corrected chi connectivity index (χ4v) is 5.78. The quantitative estimate of drug-likeness (QED) is 0.697. The molecule has 158 valence electrons. The highest BCUT2D eigenvalue weighted by molar-refractivity contribution is 7.92. The summed E-state index contributed by atoms with van der Waals surface area (Å²) < 4.78 is 31.2. The van der Waals surface area contributed by atoms with E-state index in [0.717, 1.165) is 6.42 Å². The maximum atomic E-state index is 13.2. The van der Waals surface area contributed by atoms with Crippen LogP contribution in [0.4, 0.5) is 11.4 Å². The largest absolute Gasteiger partial charge is 0.466 e. The number of esters is 1. The van der Waals surface area contributed by atoms with Crippen LogP contribution >= 0.6 is 0 Å². The van der Waals surface area contributed by atoms with Crippen molar-refractivity contribution in [2.45, 2.75) is 29.6 Å². The molecule has 2 aliphatic heterocycles. The number of fused-ring (bicyclic) bond motifs is 2. The third-order valence-corrected chi connectivity index (χ3v) is 7.43. The van der Waals surface area contributed by atoms with E-state index in [1.807, 2.05) is 0 Å². The Bertz CT molecular complexity index is 1030. The average Bonchev–Trinajstić information content (AvgIpc) is 2.77. The maximum absolute atomic E-state index is 13.2. The minimum Gasteiger partial charge on any atom is -0.466 e. The third-order valence-electron chi connectivity index (χ3n) is 5.58. The van der Waals surface area contributed by atoms with Gasteiger partial charge in [0.25, 0.3) is 0 Å². The van der Waals surface area contributed by atoms with Gasteiger partial charge in [-0.15, -0.1) is 0 Å². The molecule has 2 heterocycles. The summed E-state index contributed by atoms with van der Waals surface area (Å²) in [7, 11) is -3.65. The zero-order valence-electron chi connectivity index (χ0n) is 16.8. The maximum Gasteiger partial charge on any atom is 0.310 e. The summed E-state index contributed by atoms with van der Waals surface area (Å²) in [5.74, 6) is -0.730. The van der Waals surface area contributed by atoms with Gasteiger partial charge in [0.2, 0.25) is 15.7 Å². The Hall–Kier alpha value is -2.87. The molecule has 2 aromatic rings. The second-order valence-corrected chi connectivity index (χ2v) is 9.34.